The minimum absolute atomic E-state index is 1.19. The second kappa shape index (κ2) is 9.49. The number of benzene rings is 10. The van der Waals surface area contributed by atoms with Gasteiger partial charge in [0.25, 0.3) is 0 Å². The highest BCUT2D eigenvalue weighted by atomic mass is 15.0. The second-order valence-electron chi connectivity index (χ2n) is 13.7. The van der Waals surface area contributed by atoms with E-state index in [-0.39, 0.29) is 0 Å². The van der Waals surface area contributed by atoms with E-state index in [9.17, 15) is 0 Å². The molecule has 2 nitrogen and oxygen atoms in total. The number of rotatable bonds is 3. The van der Waals surface area contributed by atoms with Gasteiger partial charge in [-0.2, -0.15) is 0 Å². The molecule has 0 aliphatic heterocycles. The first-order valence-electron chi connectivity index (χ1n) is 17.4. The van der Waals surface area contributed by atoms with Crippen molar-refractivity contribution in [1.29, 1.82) is 0 Å². The maximum absolute atomic E-state index is 2.46. The van der Waals surface area contributed by atoms with E-state index in [0.717, 1.165) is 0 Å². The largest absolute Gasteiger partial charge is 0.309 e. The van der Waals surface area contributed by atoms with Crippen LogP contribution in [0.5, 0.6) is 0 Å². The highest BCUT2D eigenvalue weighted by Gasteiger charge is 2.22. The SMILES string of the molecule is c1ccc2cc(-n3c4cccc5ccc6c(-c7ccc8c9c7ccc7cccc(c79)n8-c7ccc8ccccc8c7)ccc3c6c54)ccc2c1. The minimum Gasteiger partial charge on any atom is -0.309 e. The van der Waals surface area contributed by atoms with Gasteiger partial charge in [0, 0.05) is 32.9 Å². The normalized spacial score (nSPS) is 12.4. The number of nitrogens with zero attached hydrogens (tertiary/aromatic N) is 2. The molecule has 0 aliphatic carbocycles. The Kier molecular flexibility index (Phi) is 5.00. The fourth-order valence-corrected chi connectivity index (χ4v) is 9.03. The number of aromatic nitrogens is 2. The highest BCUT2D eigenvalue weighted by molar-refractivity contribution is 6.30. The van der Waals surface area contributed by atoms with Gasteiger partial charge in [-0.15, -0.1) is 0 Å². The van der Waals surface area contributed by atoms with Gasteiger partial charge in [0.1, 0.15) is 0 Å². The van der Waals surface area contributed by atoms with Crippen LogP contribution in [-0.4, -0.2) is 9.13 Å². The number of fused-ring (bicyclic) bond motifs is 2. The summed E-state index contributed by atoms with van der Waals surface area (Å²) < 4.78 is 4.91. The Labute approximate surface area is 287 Å². The zero-order chi connectivity index (χ0) is 32.5. The van der Waals surface area contributed by atoms with E-state index < -0.39 is 0 Å². The molecular weight excluding hydrogens is 605 g/mol. The lowest BCUT2D eigenvalue weighted by Gasteiger charge is -2.13. The zero-order valence-electron chi connectivity index (χ0n) is 27.1. The molecule has 0 aliphatic rings. The summed E-state index contributed by atoms with van der Waals surface area (Å²) in [4.78, 5) is 0. The van der Waals surface area contributed by atoms with Crippen LogP contribution in [-0.2, 0) is 0 Å². The Morgan fingerprint density at radius 1 is 0.260 bits per heavy atom. The molecule has 0 N–H and O–H groups in total. The van der Waals surface area contributed by atoms with Gasteiger partial charge in [-0.05, 0) is 103 Å². The Bertz CT molecular complexity index is 3090. The Balaban J connectivity index is 1.14. The van der Waals surface area contributed by atoms with Gasteiger partial charge in [-0.3, -0.25) is 0 Å². The average Bonchev–Trinajstić information content (AvgIpc) is 3.70. The van der Waals surface area contributed by atoms with Crippen LogP contribution in [0.3, 0.4) is 0 Å². The molecule has 12 aromatic rings. The zero-order valence-corrected chi connectivity index (χ0v) is 27.1. The first-order chi connectivity index (χ1) is 24.8. The molecule has 0 atom stereocenters. The third kappa shape index (κ3) is 3.37. The molecule has 12 rings (SSSR count). The van der Waals surface area contributed by atoms with Gasteiger partial charge >= 0.3 is 0 Å². The predicted molar refractivity (Wildman–Crippen MR) is 213 cm³/mol. The molecule has 50 heavy (non-hydrogen) atoms. The van der Waals surface area contributed by atoms with Crippen LogP contribution in [0.4, 0.5) is 0 Å². The Morgan fingerprint density at radius 3 is 1.14 bits per heavy atom. The maximum atomic E-state index is 2.46. The van der Waals surface area contributed by atoms with E-state index in [1.807, 2.05) is 0 Å². The van der Waals surface area contributed by atoms with Gasteiger partial charge in [-0.1, -0.05) is 121 Å². The van der Waals surface area contributed by atoms with Crippen molar-refractivity contribution in [2.24, 2.45) is 0 Å². The van der Waals surface area contributed by atoms with Gasteiger partial charge in [0.15, 0.2) is 0 Å². The van der Waals surface area contributed by atoms with Crippen LogP contribution >= 0.6 is 0 Å². The van der Waals surface area contributed by atoms with E-state index in [2.05, 4.69) is 179 Å². The van der Waals surface area contributed by atoms with E-state index in [0.29, 0.717) is 0 Å². The topological polar surface area (TPSA) is 9.86 Å². The molecule has 0 bridgehead atoms. The van der Waals surface area contributed by atoms with Crippen molar-refractivity contribution < 1.29 is 0 Å². The van der Waals surface area contributed by atoms with Crippen LogP contribution in [0, 0.1) is 0 Å². The summed E-state index contributed by atoms with van der Waals surface area (Å²) in [5.74, 6) is 0. The summed E-state index contributed by atoms with van der Waals surface area (Å²) in [7, 11) is 0. The van der Waals surface area contributed by atoms with Crippen molar-refractivity contribution in [2.45, 2.75) is 0 Å². The van der Waals surface area contributed by atoms with Crippen LogP contribution < -0.4 is 0 Å². The first kappa shape index (κ1) is 26.3. The molecule has 0 unspecified atom stereocenters. The van der Waals surface area contributed by atoms with Crippen molar-refractivity contribution in [3.05, 3.63) is 170 Å². The molecule has 2 heteroatoms. The van der Waals surface area contributed by atoms with E-state index in [1.54, 1.807) is 0 Å². The Morgan fingerprint density at radius 2 is 0.660 bits per heavy atom. The van der Waals surface area contributed by atoms with Crippen molar-refractivity contribution in [1.82, 2.24) is 9.13 Å². The smallest absolute Gasteiger partial charge is 0.0547 e. The van der Waals surface area contributed by atoms with Crippen LogP contribution in [0.2, 0.25) is 0 Å². The maximum Gasteiger partial charge on any atom is 0.0547 e. The quantitative estimate of drug-likeness (QED) is 0.172. The molecule has 0 spiro atoms. The van der Waals surface area contributed by atoms with Gasteiger partial charge in [0.05, 0.1) is 22.1 Å². The summed E-state index contributed by atoms with van der Waals surface area (Å²) in [6.07, 6.45) is 0. The molecule has 0 amide bonds. The predicted octanol–water partition coefficient (Wildman–Crippen LogP) is 13.0. The average molecular weight is 633 g/mol. The molecule has 10 aromatic carbocycles. The molecule has 0 fully saturated rings. The van der Waals surface area contributed by atoms with E-state index in [1.165, 1.54) is 109 Å². The van der Waals surface area contributed by atoms with E-state index >= 15 is 0 Å². The second-order valence-corrected chi connectivity index (χ2v) is 13.7. The molecule has 0 radical (unpaired) electrons. The molecule has 2 heterocycles. The minimum atomic E-state index is 1.19. The third-order valence-electron chi connectivity index (χ3n) is 11.2. The van der Waals surface area contributed by atoms with Crippen molar-refractivity contribution in [3.63, 3.8) is 0 Å². The van der Waals surface area contributed by atoms with Gasteiger partial charge in [-0.25, -0.2) is 0 Å². The monoisotopic (exact) mass is 632 g/mol. The highest BCUT2D eigenvalue weighted by Crippen LogP contribution is 2.47. The lowest BCUT2D eigenvalue weighted by Crippen LogP contribution is -1.94. The molecule has 0 saturated heterocycles. The molecule has 230 valence electrons. The number of hydrogen-bond acceptors (Lipinski definition) is 0. The summed E-state index contributed by atoms with van der Waals surface area (Å²) in [6, 6.07) is 63.1. The van der Waals surface area contributed by atoms with Crippen molar-refractivity contribution >= 4 is 86.7 Å². The van der Waals surface area contributed by atoms with Gasteiger partial charge < -0.3 is 9.13 Å². The number of hydrogen-bond donors (Lipinski definition) is 0. The lowest BCUT2D eigenvalue weighted by atomic mass is 9.90. The molecular formula is C48H28N2. The van der Waals surface area contributed by atoms with E-state index in [4.69, 9.17) is 0 Å². The fraction of sp³-hybridized carbons (Fsp3) is 0. The third-order valence-corrected chi connectivity index (χ3v) is 11.2. The van der Waals surface area contributed by atoms with Gasteiger partial charge in [0.2, 0.25) is 0 Å². The van der Waals surface area contributed by atoms with Crippen molar-refractivity contribution in [3.8, 4) is 22.5 Å². The van der Waals surface area contributed by atoms with Crippen LogP contribution in [0.15, 0.2) is 170 Å². The molecule has 2 aromatic heterocycles. The van der Waals surface area contributed by atoms with Crippen LogP contribution in [0.25, 0.3) is 109 Å². The van der Waals surface area contributed by atoms with Crippen LogP contribution in [0.1, 0.15) is 0 Å². The fourth-order valence-electron chi connectivity index (χ4n) is 9.03. The Hall–Kier alpha value is -6.64. The first-order valence-corrected chi connectivity index (χ1v) is 17.4. The molecule has 0 saturated carbocycles. The van der Waals surface area contributed by atoms with Crippen molar-refractivity contribution in [2.75, 3.05) is 0 Å². The summed E-state index contributed by atoms with van der Waals surface area (Å²) in [5, 5.41) is 15.5. The summed E-state index contributed by atoms with van der Waals surface area (Å²) in [5.41, 5.74) is 9.90. The summed E-state index contributed by atoms with van der Waals surface area (Å²) >= 11 is 0. The lowest BCUT2D eigenvalue weighted by molar-refractivity contribution is 1.19. The summed E-state index contributed by atoms with van der Waals surface area (Å²) in [6.45, 7) is 0. The standard InChI is InChI=1S/C48H28N2/c1-3-9-33-27-35(19-15-29(33)7-1)49-41-13-5-11-31-17-21-39-37(23-25-43(49)47(39)45(31)41)38-24-26-44-48-40(38)22-18-32-12-6-14-42(46(32)48)50(44)36-20-16-30-8-2-4-10-34(30)28-36/h1-28H.